The summed E-state index contributed by atoms with van der Waals surface area (Å²) in [5.41, 5.74) is 3.54. The van der Waals surface area contributed by atoms with Crippen LogP contribution in [0.1, 0.15) is 53.9 Å². The lowest BCUT2D eigenvalue weighted by molar-refractivity contribution is -0.116. The third-order valence-electron chi connectivity index (χ3n) is 3.57. The van der Waals surface area contributed by atoms with E-state index in [2.05, 4.69) is 45.9 Å². The number of Topliss-reactive ketones (excluding diaryl/α,β-unsaturated/α-hetero) is 1. The van der Waals surface area contributed by atoms with Gasteiger partial charge in [0.15, 0.2) is 5.78 Å². The predicted octanol–water partition coefficient (Wildman–Crippen LogP) is 4.60. The molecule has 0 aromatic carbocycles. The van der Waals surface area contributed by atoms with Crippen molar-refractivity contribution in [1.29, 1.82) is 0 Å². The lowest BCUT2D eigenvalue weighted by Gasteiger charge is -2.32. The molecule has 0 bridgehead atoms. The van der Waals surface area contributed by atoms with Gasteiger partial charge in [0, 0.05) is 6.42 Å². The van der Waals surface area contributed by atoms with E-state index >= 15 is 0 Å². The van der Waals surface area contributed by atoms with Gasteiger partial charge in [-0.2, -0.15) is 0 Å². The van der Waals surface area contributed by atoms with Crippen LogP contribution >= 0.6 is 0 Å². The molecule has 1 aliphatic carbocycles. The van der Waals surface area contributed by atoms with Crippen molar-refractivity contribution in [3.05, 3.63) is 34.9 Å². The Morgan fingerprint density at radius 1 is 1.41 bits per heavy atom. The SMILES string of the molecule is CC/C=C(C)/C=C/C1=C(C)C(=O)CCC1(C)C. The first-order valence-electron chi connectivity index (χ1n) is 6.48. The molecule has 0 radical (unpaired) electrons. The van der Waals surface area contributed by atoms with Gasteiger partial charge in [0.2, 0.25) is 0 Å². The second-order valence-electron chi connectivity index (χ2n) is 5.54. The van der Waals surface area contributed by atoms with Crippen LogP contribution in [0.4, 0.5) is 0 Å². The highest BCUT2D eigenvalue weighted by Crippen LogP contribution is 2.39. The van der Waals surface area contributed by atoms with Crippen LogP contribution in [0.25, 0.3) is 0 Å². The van der Waals surface area contributed by atoms with Crippen LogP contribution < -0.4 is 0 Å². The van der Waals surface area contributed by atoms with Crippen molar-refractivity contribution in [3.63, 3.8) is 0 Å². The standard InChI is InChI=1S/C16H24O/c1-6-7-12(2)8-9-14-13(3)15(17)10-11-16(14,4)5/h7-9H,6,10-11H2,1-5H3/b9-8+,12-7+. The van der Waals surface area contributed by atoms with Crippen LogP contribution in [0.3, 0.4) is 0 Å². The van der Waals surface area contributed by atoms with Crippen molar-refractivity contribution in [2.24, 2.45) is 5.41 Å². The van der Waals surface area contributed by atoms with Gasteiger partial charge in [-0.05, 0) is 43.3 Å². The highest BCUT2D eigenvalue weighted by molar-refractivity contribution is 5.97. The molecular formula is C16H24O. The first kappa shape index (κ1) is 14.0. The molecule has 0 spiro atoms. The third kappa shape index (κ3) is 3.42. The molecule has 0 unspecified atom stereocenters. The van der Waals surface area contributed by atoms with Crippen LogP contribution in [-0.4, -0.2) is 5.78 Å². The first-order valence-corrected chi connectivity index (χ1v) is 6.48. The van der Waals surface area contributed by atoms with Gasteiger partial charge < -0.3 is 0 Å². The molecule has 0 aromatic rings. The van der Waals surface area contributed by atoms with E-state index in [0.717, 1.165) is 18.4 Å². The Balaban J connectivity index is 3.04. The molecule has 0 atom stereocenters. The normalized spacial score (nSPS) is 21.5. The maximum atomic E-state index is 11.8. The lowest BCUT2D eigenvalue weighted by Crippen LogP contribution is -2.24. The second kappa shape index (κ2) is 5.48. The number of allylic oxidation sites excluding steroid dienone is 6. The third-order valence-corrected chi connectivity index (χ3v) is 3.57. The Morgan fingerprint density at radius 3 is 2.65 bits per heavy atom. The van der Waals surface area contributed by atoms with E-state index in [0.29, 0.717) is 12.2 Å². The lowest BCUT2D eigenvalue weighted by atomic mass is 9.72. The molecule has 0 heterocycles. The number of hydrogen-bond donors (Lipinski definition) is 0. The predicted molar refractivity (Wildman–Crippen MR) is 73.9 cm³/mol. The Morgan fingerprint density at radius 2 is 2.06 bits per heavy atom. The maximum Gasteiger partial charge on any atom is 0.158 e. The minimum absolute atomic E-state index is 0.126. The van der Waals surface area contributed by atoms with Gasteiger partial charge in [0.05, 0.1) is 0 Å². The first-order chi connectivity index (χ1) is 7.88. The van der Waals surface area contributed by atoms with Gasteiger partial charge in [-0.3, -0.25) is 4.79 Å². The minimum atomic E-state index is 0.126. The number of ketones is 1. The van der Waals surface area contributed by atoms with Gasteiger partial charge in [0.1, 0.15) is 0 Å². The summed E-state index contributed by atoms with van der Waals surface area (Å²) in [6.45, 7) is 10.6. The summed E-state index contributed by atoms with van der Waals surface area (Å²) >= 11 is 0. The monoisotopic (exact) mass is 232 g/mol. The molecule has 17 heavy (non-hydrogen) atoms. The molecule has 0 aromatic heterocycles. The molecule has 1 rings (SSSR count). The molecule has 1 nitrogen and oxygen atoms in total. The molecule has 94 valence electrons. The molecular weight excluding hydrogens is 208 g/mol. The van der Waals surface area contributed by atoms with Crippen LogP contribution in [0, 0.1) is 5.41 Å². The van der Waals surface area contributed by atoms with Gasteiger partial charge in [-0.15, -0.1) is 0 Å². The Hall–Kier alpha value is -1.11. The fraction of sp³-hybridized carbons (Fsp3) is 0.562. The number of rotatable bonds is 3. The Labute approximate surface area is 105 Å². The van der Waals surface area contributed by atoms with Gasteiger partial charge in [-0.25, -0.2) is 0 Å². The summed E-state index contributed by atoms with van der Waals surface area (Å²) in [5.74, 6) is 0.307. The number of carbonyl (C=O) groups is 1. The fourth-order valence-corrected chi connectivity index (χ4v) is 2.36. The van der Waals surface area contributed by atoms with E-state index in [1.165, 1.54) is 11.1 Å². The largest absolute Gasteiger partial charge is 0.295 e. The van der Waals surface area contributed by atoms with Gasteiger partial charge in [-0.1, -0.05) is 44.6 Å². The zero-order valence-electron chi connectivity index (χ0n) is 11.8. The summed E-state index contributed by atoms with van der Waals surface area (Å²) in [6, 6.07) is 0. The number of hydrogen-bond acceptors (Lipinski definition) is 1. The van der Waals surface area contributed by atoms with Crippen LogP contribution in [0.15, 0.2) is 34.9 Å². The second-order valence-corrected chi connectivity index (χ2v) is 5.54. The molecule has 0 amide bonds. The van der Waals surface area contributed by atoms with E-state index in [-0.39, 0.29) is 5.41 Å². The minimum Gasteiger partial charge on any atom is -0.295 e. The quantitative estimate of drug-likeness (QED) is 0.650. The molecule has 0 saturated heterocycles. The summed E-state index contributed by atoms with van der Waals surface area (Å²) in [7, 11) is 0. The fourth-order valence-electron chi connectivity index (χ4n) is 2.36. The molecule has 1 aliphatic rings. The smallest absolute Gasteiger partial charge is 0.158 e. The van der Waals surface area contributed by atoms with E-state index in [1.54, 1.807) is 0 Å². The van der Waals surface area contributed by atoms with Crippen molar-refractivity contribution < 1.29 is 4.79 Å². The van der Waals surface area contributed by atoms with Crippen LogP contribution in [0.2, 0.25) is 0 Å². The van der Waals surface area contributed by atoms with E-state index in [9.17, 15) is 4.79 Å². The molecule has 0 saturated carbocycles. The highest BCUT2D eigenvalue weighted by atomic mass is 16.1. The topological polar surface area (TPSA) is 17.1 Å². The van der Waals surface area contributed by atoms with Gasteiger partial charge in [0.25, 0.3) is 0 Å². The van der Waals surface area contributed by atoms with E-state index < -0.39 is 0 Å². The molecule has 1 heteroatoms. The van der Waals surface area contributed by atoms with Crippen molar-refractivity contribution in [1.82, 2.24) is 0 Å². The molecule has 0 aliphatic heterocycles. The zero-order chi connectivity index (χ0) is 13.1. The van der Waals surface area contributed by atoms with Crippen molar-refractivity contribution in [2.45, 2.75) is 53.9 Å². The summed E-state index contributed by atoms with van der Waals surface area (Å²) in [5, 5.41) is 0. The van der Waals surface area contributed by atoms with Crippen molar-refractivity contribution in [3.8, 4) is 0 Å². The summed E-state index contributed by atoms with van der Waals surface area (Å²) in [4.78, 5) is 11.8. The summed E-state index contributed by atoms with van der Waals surface area (Å²) < 4.78 is 0. The highest BCUT2D eigenvalue weighted by Gasteiger charge is 2.30. The Kier molecular flexibility index (Phi) is 4.50. The van der Waals surface area contributed by atoms with Crippen LogP contribution in [-0.2, 0) is 4.79 Å². The molecule has 0 N–H and O–H groups in total. The molecule has 0 fully saturated rings. The van der Waals surface area contributed by atoms with Crippen LogP contribution in [0.5, 0.6) is 0 Å². The van der Waals surface area contributed by atoms with Gasteiger partial charge >= 0.3 is 0 Å². The van der Waals surface area contributed by atoms with Crippen molar-refractivity contribution >= 4 is 5.78 Å². The van der Waals surface area contributed by atoms with E-state index in [1.807, 2.05) is 6.92 Å². The average molecular weight is 232 g/mol. The maximum absolute atomic E-state index is 11.8. The summed E-state index contributed by atoms with van der Waals surface area (Å²) in [6.07, 6.45) is 9.16. The number of carbonyl (C=O) groups excluding carboxylic acids is 1. The average Bonchev–Trinajstić information content (AvgIpc) is 2.24. The Bertz CT molecular complexity index is 392. The van der Waals surface area contributed by atoms with Crippen molar-refractivity contribution in [2.75, 3.05) is 0 Å². The zero-order valence-corrected chi connectivity index (χ0v) is 11.8. The van der Waals surface area contributed by atoms with E-state index in [4.69, 9.17) is 0 Å².